The molecule has 8 rings (SSSR count). The fourth-order valence-electron chi connectivity index (χ4n) is 15.4. The minimum atomic E-state index is -1.92. The Labute approximate surface area is 402 Å². The van der Waals surface area contributed by atoms with Gasteiger partial charge in [0.1, 0.15) is 73.2 Å². The summed E-state index contributed by atoms with van der Waals surface area (Å²) < 4.78 is 41.8. The van der Waals surface area contributed by atoms with Gasteiger partial charge >= 0.3 is 11.9 Å². The van der Waals surface area contributed by atoms with Crippen molar-refractivity contribution >= 4 is 11.9 Å². The predicted molar refractivity (Wildman–Crippen MR) is 237 cm³/mol. The molecule has 0 aromatic rings. The van der Waals surface area contributed by atoms with Gasteiger partial charge in [0, 0.05) is 0 Å². The third-order valence-corrected chi connectivity index (χ3v) is 19.8. The molecule has 69 heavy (non-hydrogen) atoms. The Morgan fingerprint density at radius 2 is 1.16 bits per heavy atom. The zero-order valence-corrected chi connectivity index (χ0v) is 40.8. The Bertz CT molecular complexity index is 1910. The van der Waals surface area contributed by atoms with Gasteiger partial charge in [0.2, 0.25) is 0 Å². The number of methoxy groups -OCH3 is 1. The largest absolute Gasteiger partial charge is 0.481 e. The second kappa shape index (κ2) is 19.1. The second-order valence-corrected chi connectivity index (χ2v) is 23.4. The van der Waals surface area contributed by atoms with Crippen LogP contribution in [0.15, 0.2) is 11.6 Å². The molecule has 20 nitrogen and oxygen atoms in total. The number of aliphatic carboxylic acids is 1. The van der Waals surface area contributed by atoms with E-state index in [1.165, 1.54) is 12.7 Å². The summed E-state index contributed by atoms with van der Waals surface area (Å²) in [4.78, 5) is 26.5. The molecule has 0 aromatic carbocycles. The quantitative estimate of drug-likeness (QED) is 0.0729. The molecule has 394 valence electrons. The average molecular weight is 987 g/mol. The molecule has 3 aliphatic heterocycles. The molecule has 3 saturated heterocycles. The summed E-state index contributed by atoms with van der Waals surface area (Å²) in [6.45, 7) is 10.9. The van der Waals surface area contributed by atoms with Gasteiger partial charge in [-0.1, -0.05) is 46.3 Å². The lowest BCUT2D eigenvalue weighted by atomic mass is 9.33. The molecule has 0 spiro atoms. The van der Waals surface area contributed by atoms with Crippen LogP contribution >= 0.6 is 0 Å². The van der Waals surface area contributed by atoms with Crippen LogP contribution in [0.2, 0.25) is 0 Å². The Hall–Kier alpha value is -1.96. The second-order valence-electron chi connectivity index (χ2n) is 23.4. The first kappa shape index (κ1) is 53.3. The van der Waals surface area contributed by atoms with E-state index in [1.54, 1.807) is 0 Å². The van der Waals surface area contributed by atoms with Crippen LogP contribution < -0.4 is 0 Å². The van der Waals surface area contributed by atoms with Gasteiger partial charge in [-0.25, -0.2) is 0 Å². The number of carbonyl (C=O) groups excluding carboxylic acids is 1. The Kier molecular flexibility index (Phi) is 14.7. The molecular weight excluding hydrogens is 909 g/mol. The highest BCUT2D eigenvalue weighted by Gasteiger charge is 2.70. The highest BCUT2D eigenvalue weighted by atomic mass is 16.8. The first-order chi connectivity index (χ1) is 32.3. The van der Waals surface area contributed by atoms with E-state index in [0.29, 0.717) is 32.1 Å². The van der Waals surface area contributed by atoms with Crippen LogP contribution in [-0.2, 0) is 42.7 Å². The summed E-state index contributed by atoms with van der Waals surface area (Å²) in [5.74, 6) is -1.11. The standard InChI is InChI=1S/C49H78O20/c1-44(2)27-10-13-48(6)28(9-8-22-23-18-45(3,43(62)63-7)14-16-49(23,42(60)61)17-15-47(22,48)5)46(27,4)12-11-29(44)67-41-36(59)38(69-40-35(58)33(56)31(54)25(20-51)65-40)37(26(21-52)66-41)68-39-34(57)32(55)30(53)24(19-50)64-39/h8,23-41,50-59H,9-21H2,1-7H3,(H,60,61). The fraction of sp³-hybridized carbons (Fsp3) is 0.918. The minimum absolute atomic E-state index is 0.0946. The van der Waals surface area contributed by atoms with Gasteiger partial charge in [-0.3, -0.25) is 9.59 Å². The van der Waals surface area contributed by atoms with Crippen molar-refractivity contribution in [2.75, 3.05) is 26.9 Å². The number of esters is 1. The average Bonchev–Trinajstić information content (AvgIpc) is 3.31. The number of carbonyl (C=O) groups is 2. The molecule has 0 amide bonds. The Balaban J connectivity index is 1.06. The fourth-order valence-corrected chi connectivity index (χ4v) is 15.4. The molecule has 24 atom stereocenters. The molecule has 0 bridgehead atoms. The van der Waals surface area contributed by atoms with Crippen molar-refractivity contribution in [1.82, 2.24) is 0 Å². The van der Waals surface area contributed by atoms with Crippen LogP contribution in [0.1, 0.15) is 106 Å². The molecule has 4 saturated carbocycles. The topological polar surface area (TPSA) is 321 Å². The van der Waals surface area contributed by atoms with Crippen LogP contribution in [0.3, 0.4) is 0 Å². The van der Waals surface area contributed by atoms with Crippen molar-refractivity contribution in [3.63, 3.8) is 0 Å². The van der Waals surface area contributed by atoms with Crippen molar-refractivity contribution in [2.45, 2.75) is 204 Å². The lowest BCUT2D eigenvalue weighted by Crippen LogP contribution is -2.68. The molecule has 0 radical (unpaired) electrons. The van der Waals surface area contributed by atoms with E-state index in [-0.39, 0.29) is 40.0 Å². The van der Waals surface area contributed by atoms with E-state index < -0.39 is 140 Å². The van der Waals surface area contributed by atoms with E-state index in [0.717, 1.165) is 32.1 Å². The molecule has 5 aliphatic carbocycles. The molecule has 7 fully saturated rings. The van der Waals surface area contributed by atoms with E-state index in [9.17, 15) is 65.8 Å². The monoisotopic (exact) mass is 987 g/mol. The lowest BCUT2D eigenvalue weighted by Gasteiger charge is -2.71. The van der Waals surface area contributed by atoms with Crippen molar-refractivity contribution in [3.8, 4) is 0 Å². The van der Waals surface area contributed by atoms with Gasteiger partial charge in [0.15, 0.2) is 18.9 Å². The summed E-state index contributed by atoms with van der Waals surface area (Å²) in [7, 11) is 1.39. The SMILES string of the molecule is COC(=O)C1(C)CCC2(C(=O)O)CCC3(C)C(=CCC4C5(C)CCC(OC6OC(CO)C(OC7OC(CO)C(O)C(O)C7O)C(OC7OC(CO)C(O)C(O)C7O)C6O)C(C)(C)C5CCC43C)C2C1. The predicted octanol–water partition coefficient (Wildman–Crippen LogP) is -0.141. The number of ether oxygens (including phenoxy) is 7. The summed E-state index contributed by atoms with van der Waals surface area (Å²) in [6.07, 6.45) is -17.4. The van der Waals surface area contributed by atoms with Gasteiger partial charge in [-0.05, 0) is 111 Å². The van der Waals surface area contributed by atoms with E-state index in [4.69, 9.17) is 33.2 Å². The summed E-state index contributed by atoms with van der Waals surface area (Å²) in [6, 6.07) is 0. The maximum absolute atomic E-state index is 13.3. The van der Waals surface area contributed by atoms with Crippen LogP contribution in [0.4, 0.5) is 0 Å². The minimum Gasteiger partial charge on any atom is -0.481 e. The van der Waals surface area contributed by atoms with Crippen molar-refractivity contribution < 1.29 is 98.9 Å². The third-order valence-electron chi connectivity index (χ3n) is 19.8. The zero-order chi connectivity index (χ0) is 50.6. The number of hydrogen-bond donors (Lipinski definition) is 11. The zero-order valence-electron chi connectivity index (χ0n) is 40.8. The maximum atomic E-state index is 13.3. The molecule has 20 heteroatoms. The number of carboxylic acids is 1. The van der Waals surface area contributed by atoms with Gasteiger partial charge in [-0.2, -0.15) is 0 Å². The van der Waals surface area contributed by atoms with Gasteiger partial charge in [0.25, 0.3) is 0 Å². The van der Waals surface area contributed by atoms with Crippen molar-refractivity contribution in [2.24, 2.45) is 50.2 Å². The van der Waals surface area contributed by atoms with Crippen LogP contribution in [-0.4, -0.2) is 193 Å². The number of hydrogen-bond acceptors (Lipinski definition) is 19. The Morgan fingerprint density at radius 1 is 0.623 bits per heavy atom. The molecule has 3 heterocycles. The number of aliphatic hydroxyl groups is 10. The number of carboxylic acid groups (broad SMARTS) is 1. The molecule has 24 unspecified atom stereocenters. The molecule has 0 aromatic heterocycles. The highest BCUT2D eigenvalue weighted by molar-refractivity contribution is 5.80. The molecular formula is C49H78O20. The van der Waals surface area contributed by atoms with E-state index in [2.05, 4.69) is 40.7 Å². The third kappa shape index (κ3) is 8.26. The molecule has 11 N–H and O–H groups in total. The van der Waals surface area contributed by atoms with Crippen LogP contribution in [0.25, 0.3) is 0 Å². The summed E-state index contributed by atoms with van der Waals surface area (Å²) in [5.41, 5.74) is -1.88. The number of aliphatic hydroxyl groups excluding tert-OH is 10. The number of rotatable bonds is 11. The van der Waals surface area contributed by atoms with Crippen LogP contribution in [0.5, 0.6) is 0 Å². The van der Waals surface area contributed by atoms with Crippen molar-refractivity contribution in [3.05, 3.63) is 11.6 Å². The van der Waals surface area contributed by atoms with E-state index in [1.807, 2.05) is 6.92 Å². The first-order valence-electron chi connectivity index (χ1n) is 24.9. The van der Waals surface area contributed by atoms with Crippen molar-refractivity contribution in [1.29, 1.82) is 0 Å². The maximum Gasteiger partial charge on any atom is 0.311 e. The van der Waals surface area contributed by atoms with Gasteiger partial charge in [-0.15, -0.1) is 0 Å². The number of allylic oxidation sites excluding steroid dienone is 2. The van der Waals surface area contributed by atoms with Gasteiger partial charge in [0.05, 0.1) is 43.9 Å². The lowest BCUT2D eigenvalue weighted by molar-refractivity contribution is -0.393. The van der Waals surface area contributed by atoms with Crippen LogP contribution in [0, 0.1) is 50.2 Å². The van der Waals surface area contributed by atoms with E-state index >= 15 is 0 Å². The Morgan fingerprint density at radius 3 is 1.71 bits per heavy atom. The first-order valence-corrected chi connectivity index (χ1v) is 24.9. The number of fused-ring (bicyclic) bond motifs is 7. The highest BCUT2D eigenvalue weighted by Crippen LogP contribution is 2.76. The summed E-state index contributed by atoms with van der Waals surface area (Å²) >= 11 is 0. The normalized spacial score (nSPS) is 52.8. The smallest absolute Gasteiger partial charge is 0.311 e. The molecule has 8 aliphatic rings. The summed E-state index contributed by atoms with van der Waals surface area (Å²) in [5, 5.41) is 118. The van der Waals surface area contributed by atoms with Gasteiger partial charge < -0.3 is 89.3 Å².